The minimum Gasteiger partial charge on any atom is -0.459 e. The first-order valence-electron chi connectivity index (χ1n) is 11.6. The number of aliphatic hydroxyl groups excluding tert-OH is 1. The highest BCUT2D eigenvalue weighted by atomic mass is 16.7. The lowest BCUT2D eigenvalue weighted by Crippen LogP contribution is -2.39. The van der Waals surface area contributed by atoms with Crippen molar-refractivity contribution in [2.24, 2.45) is 0 Å². The Morgan fingerprint density at radius 2 is 1.76 bits per heavy atom. The average Bonchev–Trinajstić information content (AvgIpc) is 3.36. The molecule has 2 aromatic rings. The van der Waals surface area contributed by atoms with E-state index in [9.17, 15) is 9.90 Å². The van der Waals surface area contributed by atoms with E-state index in [1.807, 2.05) is 53.4 Å². The Labute approximate surface area is 193 Å². The number of hydrogen-bond acceptors (Lipinski definition) is 6. The lowest BCUT2D eigenvalue weighted by Gasteiger charge is -2.33. The zero-order valence-corrected chi connectivity index (χ0v) is 18.6. The highest BCUT2D eigenvalue weighted by molar-refractivity contribution is 5.91. The van der Waals surface area contributed by atoms with Gasteiger partial charge in [0.1, 0.15) is 0 Å². The molecule has 1 fully saturated rings. The van der Waals surface area contributed by atoms with Gasteiger partial charge in [-0.05, 0) is 54.2 Å². The second-order valence-electron chi connectivity index (χ2n) is 8.67. The van der Waals surface area contributed by atoms with Crippen molar-refractivity contribution in [2.45, 2.75) is 51.1 Å². The van der Waals surface area contributed by atoms with Crippen molar-refractivity contribution >= 4 is 5.91 Å². The first kappa shape index (κ1) is 21.8. The van der Waals surface area contributed by atoms with Crippen LogP contribution in [0.2, 0.25) is 0 Å². The third-order valence-corrected chi connectivity index (χ3v) is 6.38. The standard InChI is InChI=1S/C26H29NO6/c28-15-18-4-6-19(7-5-18)16-30-25-14-21(20-8-9-22-23(12-20)32-17-31-22)13-24(33-25)26(29)27-10-2-1-3-11-27/h4-9,12-13,21,25,28H,1-3,10-11,14-17H2/t21-,25+/m0/s1. The van der Waals surface area contributed by atoms with Gasteiger partial charge in [0.2, 0.25) is 13.1 Å². The van der Waals surface area contributed by atoms with Crippen LogP contribution in [0.4, 0.5) is 0 Å². The van der Waals surface area contributed by atoms with Crippen LogP contribution in [0.3, 0.4) is 0 Å². The number of ether oxygens (including phenoxy) is 4. The fraction of sp³-hybridized carbons (Fsp3) is 0.423. The number of nitrogens with zero attached hydrogens (tertiary/aromatic N) is 1. The third kappa shape index (κ3) is 4.99. The first-order chi connectivity index (χ1) is 16.2. The van der Waals surface area contributed by atoms with Crippen molar-refractivity contribution < 1.29 is 28.8 Å². The van der Waals surface area contributed by atoms with Crippen molar-refractivity contribution in [3.05, 3.63) is 71.0 Å². The Kier molecular flexibility index (Phi) is 6.51. The Balaban J connectivity index is 1.34. The van der Waals surface area contributed by atoms with Gasteiger partial charge in [-0.15, -0.1) is 0 Å². The lowest BCUT2D eigenvalue weighted by atomic mass is 9.92. The van der Waals surface area contributed by atoms with Crippen LogP contribution in [0.5, 0.6) is 11.5 Å². The first-order valence-corrected chi connectivity index (χ1v) is 11.6. The van der Waals surface area contributed by atoms with E-state index in [1.54, 1.807) is 0 Å². The summed E-state index contributed by atoms with van der Waals surface area (Å²) in [5.41, 5.74) is 2.87. The molecule has 7 nitrogen and oxygen atoms in total. The molecule has 0 spiro atoms. The smallest absolute Gasteiger partial charge is 0.288 e. The summed E-state index contributed by atoms with van der Waals surface area (Å²) < 4.78 is 23.2. The Morgan fingerprint density at radius 3 is 2.55 bits per heavy atom. The number of hydrogen-bond donors (Lipinski definition) is 1. The number of rotatable bonds is 6. The summed E-state index contributed by atoms with van der Waals surface area (Å²) >= 11 is 0. The maximum Gasteiger partial charge on any atom is 0.288 e. The van der Waals surface area contributed by atoms with E-state index in [-0.39, 0.29) is 25.2 Å². The van der Waals surface area contributed by atoms with Gasteiger partial charge in [0.05, 0.1) is 13.2 Å². The van der Waals surface area contributed by atoms with Crippen LogP contribution >= 0.6 is 0 Å². The minimum atomic E-state index is -0.549. The Bertz CT molecular complexity index is 1010. The molecule has 3 aliphatic heterocycles. The molecule has 174 valence electrons. The Morgan fingerprint density at radius 1 is 1.00 bits per heavy atom. The van der Waals surface area contributed by atoms with Gasteiger partial charge in [0, 0.05) is 25.4 Å². The number of carbonyl (C=O) groups excluding carboxylic acids is 1. The summed E-state index contributed by atoms with van der Waals surface area (Å²) in [4.78, 5) is 15.1. The number of allylic oxidation sites excluding steroid dienone is 1. The molecule has 1 saturated heterocycles. The van der Waals surface area contributed by atoms with Crippen LogP contribution < -0.4 is 9.47 Å². The molecular formula is C26H29NO6. The van der Waals surface area contributed by atoms with E-state index >= 15 is 0 Å². The van der Waals surface area contributed by atoms with E-state index < -0.39 is 6.29 Å². The molecule has 0 saturated carbocycles. The van der Waals surface area contributed by atoms with Gasteiger partial charge in [0.15, 0.2) is 17.3 Å². The number of likely N-dealkylation sites (tertiary alicyclic amines) is 1. The summed E-state index contributed by atoms with van der Waals surface area (Å²) in [7, 11) is 0. The second kappa shape index (κ2) is 9.85. The van der Waals surface area contributed by atoms with Gasteiger partial charge in [0.25, 0.3) is 5.91 Å². The number of carbonyl (C=O) groups is 1. The largest absolute Gasteiger partial charge is 0.459 e. The minimum absolute atomic E-state index is 0.0108. The molecule has 33 heavy (non-hydrogen) atoms. The zero-order chi connectivity index (χ0) is 22.6. The monoisotopic (exact) mass is 451 g/mol. The van der Waals surface area contributed by atoms with E-state index in [1.165, 1.54) is 0 Å². The van der Waals surface area contributed by atoms with Crippen LogP contribution in [0.25, 0.3) is 0 Å². The molecule has 1 amide bonds. The maximum atomic E-state index is 13.2. The van der Waals surface area contributed by atoms with Gasteiger partial charge in [-0.3, -0.25) is 4.79 Å². The maximum absolute atomic E-state index is 13.2. The highest BCUT2D eigenvalue weighted by Crippen LogP contribution is 2.39. The fourth-order valence-electron chi connectivity index (χ4n) is 4.47. The van der Waals surface area contributed by atoms with E-state index in [4.69, 9.17) is 18.9 Å². The molecule has 5 rings (SSSR count). The van der Waals surface area contributed by atoms with Gasteiger partial charge < -0.3 is 29.0 Å². The van der Waals surface area contributed by atoms with Crippen LogP contribution in [-0.2, 0) is 27.5 Å². The predicted octanol–water partition coefficient (Wildman–Crippen LogP) is 3.85. The number of piperidine rings is 1. The van der Waals surface area contributed by atoms with Crippen molar-refractivity contribution in [3.63, 3.8) is 0 Å². The molecule has 0 bridgehead atoms. The highest BCUT2D eigenvalue weighted by Gasteiger charge is 2.32. The molecule has 0 radical (unpaired) electrons. The normalized spacial score (nSPS) is 22.0. The molecule has 2 atom stereocenters. The Hall–Kier alpha value is -3.03. The van der Waals surface area contributed by atoms with Crippen molar-refractivity contribution in [1.29, 1.82) is 0 Å². The van der Waals surface area contributed by atoms with Gasteiger partial charge in [-0.25, -0.2) is 0 Å². The number of benzene rings is 2. The van der Waals surface area contributed by atoms with Crippen LogP contribution in [0.15, 0.2) is 54.3 Å². The van der Waals surface area contributed by atoms with Gasteiger partial charge in [-0.2, -0.15) is 0 Å². The molecule has 0 unspecified atom stereocenters. The SMILES string of the molecule is O=C(C1=C[C@H](c2ccc3c(c2)OCO3)C[C@H](OCc2ccc(CO)cc2)O1)N1CCCCC1. The fourth-order valence-corrected chi connectivity index (χ4v) is 4.47. The summed E-state index contributed by atoms with van der Waals surface area (Å²) in [6.45, 7) is 2.11. The van der Waals surface area contributed by atoms with Crippen LogP contribution in [0, 0.1) is 0 Å². The quantitative estimate of drug-likeness (QED) is 0.719. The van der Waals surface area contributed by atoms with Gasteiger partial charge in [-0.1, -0.05) is 30.3 Å². The topological polar surface area (TPSA) is 77.5 Å². The third-order valence-electron chi connectivity index (χ3n) is 6.38. The van der Waals surface area contributed by atoms with Crippen LogP contribution in [0.1, 0.15) is 48.3 Å². The van der Waals surface area contributed by atoms with E-state index in [2.05, 4.69) is 0 Å². The lowest BCUT2D eigenvalue weighted by molar-refractivity contribution is -0.156. The molecular weight excluding hydrogens is 422 g/mol. The van der Waals surface area contributed by atoms with Gasteiger partial charge >= 0.3 is 0 Å². The molecule has 0 aromatic heterocycles. The molecule has 3 aliphatic rings. The van der Waals surface area contributed by atoms with Crippen molar-refractivity contribution in [3.8, 4) is 11.5 Å². The summed E-state index contributed by atoms with van der Waals surface area (Å²) in [6, 6.07) is 13.5. The number of amides is 1. The summed E-state index contributed by atoms with van der Waals surface area (Å²) in [6.07, 6.45) is 5.16. The van der Waals surface area contributed by atoms with Crippen molar-refractivity contribution in [1.82, 2.24) is 4.90 Å². The average molecular weight is 452 g/mol. The van der Waals surface area contributed by atoms with Crippen LogP contribution in [-0.4, -0.2) is 42.1 Å². The summed E-state index contributed by atoms with van der Waals surface area (Å²) in [5, 5.41) is 9.24. The van der Waals surface area contributed by atoms with Crippen molar-refractivity contribution in [2.75, 3.05) is 19.9 Å². The molecule has 3 heterocycles. The molecule has 1 N–H and O–H groups in total. The van der Waals surface area contributed by atoms with E-state index in [0.29, 0.717) is 18.8 Å². The van der Waals surface area contributed by atoms with E-state index in [0.717, 1.165) is 60.5 Å². The summed E-state index contributed by atoms with van der Waals surface area (Å²) in [5.74, 6) is 1.70. The molecule has 0 aliphatic carbocycles. The number of fused-ring (bicyclic) bond motifs is 1. The second-order valence-corrected chi connectivity index (χ2v) is 8.67. The zero-order valence-electron chi connectivity index (χ0n) is 18.6. The number of aliphatic hydroxyl groups is 1. The molecule has 7 heteroatoms. The molecule has 2 aromatic carbocycles. The predicted molar refractivity (Wildman–Crippen MR) is 120 cm³/mol.